The maximum atomic E-state index is 15.0. The highest BCUT2D eigenvalue weighted by Crippen LogP contribution is 2.34. The molecular weight excluding hydrogens is 514 g/mol. The van der Waals surface area contributed by atoms with Crippen molar-refractivity contribution in [1.82, 2.24) is 15.3 Å². The third-order valence-corrected chi connectivity index (χ3v) is 7.26. The Hall–Kier alpha value is -2.94. The summed E-state index contributed by atoms with van der Waals surface area (Å²) in [6.07, 6.45) is 7.99. The third kappa shape index (κ3) is 5.81. The van der Waals surface area contributed by atoms with Crippen LogP contribution in [0, 0.1) is 11.2 Å². The van der Waals surface area contributed by atoms with Gasteiger partial charge in [-0.2, -0.15) is 0 Å². The molecule has 37 heavy (non-hydrogen) atoms. The summed E-state index contributed by atoms with van der Waals surface area (Å²) in [5, 5.41) is 13.0. The predicted molar refractivity (Wildman–Crippen MR) is 148 cm³/mol. The lowest BCUT2D eigenvalue weighted by atomic mass is 9.82. The molecule has 1 spiro atoms. The third-order valence-electron chi connectivity index (χ3n) is 6.61. The fourth-order valence-corrected chi connectivity index (χ4v) is 5.14. The second kappa shape index (κ2) is 11.6. The van der Waals surface area contributed by atoms with Gasteiger partial charge in [0.05, 0.1) is 21.3 Å². The van der Waals surface area contributed by atoms with Crippen molar-refractivity contribution in [3.05, 3.63) is 75.4 Å². The van der Waals surface area contributed by atoms with E-state index in [1.807, 2.05) is 18.7 Å². The number of pyridine rings is 2. The van der Waals surface area contributed by atoms with E-state index < -0.39 is 5.82 Å². The van der Waals surface area contributed by atoms with Gasteiger partial charge >= 0.3 is 0 Å². The van der Waals surface area contributed by atoms with E-state index in [0.717, 1.165) is 26.1 Å². The molecule has 7 nitrogen and oxygen atoms in total. The van der Waals surface area contributed by atoms with Crippen LogP contribution in [-0.2, 0) is 6.61 Å². The Morgan fingerprint density at radius 2 is 1.89 bits per heavy atom. The topological polar surface area (TPSA) is 100 Å². The molecule has 10 heteroatoms. The molecule has 0 atom stereocenters. The number of rotatable bonds is 6. The number of hydrogen-bond donors (Lipinski definition) is 3. The summed E-state index contributed by atoms with van der Waals surface area (Å²) in [5.74, 6) is 0.334. The van der Waals surface area contributed by atoms with Crippen LogP contribution in [0.25, 0.3) is 0 Å². The molecule has 1 aromatic carbocycles. The number of anilines is 2. The number of aromatic nitrogens is 2. The van der Waals surface area contributed by atoms with Crippen molar-refractivity contribution in [2.24, 2.45) is 0 Å². The molecule has 0 unspecified atom stereocenters. The maximum absolute atomic E-state index is 15.0. The van der Waals surface area contributed by atoms with Crippen LogP contribution in [0.2, 0.25) is 10.0 Å². The van der Waals surface area contributed by atoms with E-state index >= 15 is 4.39 Å². The first-order chi connectivity index (χ1) is 17.8. The maximum Gasteiger partial charge on any atom is 0.166 e. The van der Waals surface area contributed by atoms with E-state index in [4.69, 9.17) is 39.1 Å². The molecule has 0 aliphatic carbocycles. The molecule has 0 bridgehead atoms. The van der Waals surface area contributed by atoms with Crippen LogP contribution in [0.15, 0.2) is 42.9 Å². The fraction of sp³-hybridized carbons (Fsp3) is 0.370. The minimum atomic E-state index is -0.453. The van der Waals surface area contributed by atoms with Crippen LogP contribution in [-0.4, -0.2) is 40.9 Å². The minimum absolute atomic E-state index is 0.0555. The number of nitrogens with one attached hydrogen (secondary N) is 2. The quantitative estimate of drug-likeness (QED) is 0.265. The molecule has 4 heterocycles. The largest absolute Gasteiger partial charge is 0.489 e. The van der Waals surface area contributed by atoms with Crippen molar-refractivity contribution in [3.8, 4) is 5.75 Å². The molecule has 0 amide bonds. The number of ether oxygens (including phenoxy) is 1. The smallest absolute Gasteiger partial charge is 0.166 e. The van der Waals surface area contributed by atoms with Gasteiger partial charge < -0.3 is 20.7 Å². The van der Waals surface area contributed by atoms with Gasteiger partial charge in [-0.1, -0.05) is 43.5 Å². The van der Waals surface area contributed by atoms with Crippen molar-refractivity contribution in [2.75, 3.05) is 30.3 Å². The Kier molecular flexibility index (Phi) is 8.52. The summed E-state index contributed by atoms with van der Waals surface area (Å²) >= 11 is 12.3. The van der Waals surface area contributed by atoms with E-state index in [-0.39, 0.29) is 17.9 Å². The van der Waals surface area contributed by atoms with Gasteiger partial charge in [0.15, 0.2) is 11.6 Å². The number of nitrogen functional groups attached to an aromatic ring is 1. The first-order valence-electron chi connectivity index (χ1n) is 12.4. The van der Waals surface area contributed by atoms with Crippen molar-refractivity contribution in [3.63, 3.8) is 0 Å². The van der Waals surface area contributed by atoms with Gasteiger partial charge in [0.1, 0.15) is 12.4 Å². The Morgan fingerprint density at radius 3 is 2.54 bits per heavy atom. The summed E-state index contributed by atoms with van der Waals surface area (Å²) in [4.78, 5) is 10.2. The van der Waals surface area contributed by atoms with Gasteiger partial charge in [0, 0.05) is 54.1 Å². The average molecular weight is 545 g/mol. The molecule has 5 rings (SSSR count). The van der Waals surface area contributed by atoms with E-state index in [2.05, 4.69) is 15.3 Å². The molecule has 196 valence electrons. The molecule has 2 fully saturated rings. The molecule has 2 saturated heterocycles. The standard InChI is InChI=1S/C25H25Cl2FN6O.C2H6/c26-19-10-31-11-20(27)18(19)12-35-16-3-4-22(29)17(8-16)23(30)15-7-21(28)24(32-9-15)34-13-25(14-34)5-1-2-6-33-25;1-2/h3-4,7-11,30,33H,1-2,5-6,12-14,29H2;1-2H3. The van der Waals surface area contributed by atoms with Gasteiger partial charge in [0.2, 0.25) is 0 Å². The lowest BCUT2D eigenvalue weighted by Gasteiger charge is -2.53. The Labute approximate surface area is 226 Å². The molecule has 2 aromatic heterocycles. The van der Waals surface area contributed by atoms with Gasteiger partial charge in [0.25, 0.3) is 0 Å². The Bertz CT molecular complexity index is 1250. The second-order valence-electron chi connectivity index (χ2n) is 9.04. The predicted octanol–water partition coefficient (Wildman–Crippen LogP) is 5.86. The first kappa shape index (κ1) is 27.1. The minimum Gasteiger partial charge on any atom is -0.489 e. The highest BCUT2D eigenvalue weighted by Gasteiger charge is 2.44. The number of hydrogen-bond acceptors (Lipinski definition) is 7. The molecule has 4 N–H and O–H groups in total. The number of halogens is 3. The van der Waals surface area contributed by atoms with Crippen LogP contribution in [0.1, 0.15) is 49.8 Å². The zero-order valence-corrected chi connectivity index (χ0v) is 22.5. The average Bonchev–Trinajstić information content (AvgIpc) is 2.89. The van der Waals surface area contributed by atoms with Crippen LogP contribution in [0.3, 0.4) is 0 Å². The van der Waals surface area contributed by atoms with E-state index in [0.29, 0.717) is 44.0 Å². The molecule has 2 aliphatic heterocycles. The van der Waals surface area contributed by atoms with Gasteiger partial charge in [-0.25, -0.2) is 9.37 Å². The first-order valence-corrected chi connectivity index (χ1v) is 13.2. The highest BCUT2D eigenvalue weighted by molar-refractivity contribution is 6.35. The summed E-state index contributed by atoms with van der Waals surface area (Å²) in [7, 11) is 0. The number of benzene rings is 1. The van der Waals surface area contributed by atoms with E-state index in [9.17, 15) is 0 Å². The monoisotopic (exact) mass is 544 g/mol. The summed E-state index contributed by atoms with van der Waals surface area (Å²) in [6.45, 7) is 6.61. The number of nitrogens with two attached hydrogens (primary N) is 1. The van der Waals surface area contributed by atoms with Gasteiger partial charge in [-0.3, -0.25) is 10.4 Å². The van der Waals surface area contributed by atoms with Crippen molar-refractivity contribution >= 4 is 40.4 Å². The molecule has 0 saturated carbocycles. The summed E-state index contributed by atoms with van der Waals surface area (Å²) < 4.78 is 20.8. The lowest BCUT2D eigenvalue weighted by molar-refractivity contribution is 0.200. The van der Waals surface area contributed by atoms with E-state index in [1.165, 1.54) is 37.5 Å². The van der Waals surface area contributed by atoms with Gasteiger partial charge in [-0.05, 0) is 43.7 Å². The molecule has 3 aromatic rings. The SMILES string of the molecule is CC.N=C(c1cnc(N2CC3(CCCCN3)C2)c(F)c1)c1cc(OCc2c(Cl)cncc2Cl)ccc1N. The summed E-state index contributed by atoms with van der Waals surface area (Å²) in [5.41, 5.74) is 8.00. The van der Waals surface area contributed by atoms with Gasteiger partial charge in [-0.15, -0.1) is 0 Å². The van der Waals surface area contributed by atoms with Crippen LogP contribution >= 0.6 is 23.2 Å². The highest BCUT2D eigenvalue weighted by atomic mass is 35.5. The molecular formula is C27H31Cl2FN6O. The number of piperidine rings is 1. The molecule has 2 aliphatic rings. The fourth-order valence-electron chi connectivity index (χ4n) is 4.66. The number of nitrogens with zero attached hydrogens (tertiary/aromatic N) is 3. The van der Waals surface area contributed by atoms with Crippen molar-refractivity contribution in [2.45, 2.75) is 45.3 Å². The van der Waals surface area contributed by atoms with Crippen LogP contribution in [0.5, 0.6) is 5.75 Å². The second-order valence-corrected chi connectivity index (χ2v) is 9.86. The zero-order valence-electron chi connectivity index (χ0n) is 21.0. The Balaban J connectivity index is 0.00000156. The van der Waals surface area contributed by atoms with Crippen molar-refractivity contribution < 1.29 is 9.13 Å². The van der Waals surface area contributed by atoms with Crippen molar-refractivity contribution in [1.29, 1.82) is 5.41 Å². The molecule has 0 radical (unpaired) electrons. The van der Waals surface area contributed by atoms with Crippen LogP contribution < -0.4 is 20.7 Å². The summed E-state index contributed by atoms with van der Waals surface area (Å²) in [6, 6.07) is 6.31. The van der Waals surface area contributed by atoms with E-state index in [1.54, 1.807) is 18.2 Å². The lowest BCUT2D eigenvalue weighted by Crippen LogP contribution is -2.71. The Morgan fingerprint density at radius 1 is 1.16 bits per heavy atom. The normalized spacial score (nSPS) is 16.0. The zero-order chi connectivity index (χ0) is 26.6. The van der Waals surface area contributed by atoms with Crippen LogP contribution in [0.4, 0.5) is 15.9 Å².